The second-order valence-corrected chi connectivity index (χ2v) is 11.5. The van der Waals surface area contributed by atoms with Crippen molar-refractivity contribution in [1.29, 1.82) is 0 Å². The quantitative estimate of drug-likeness (QED) is 0.512. The number of hydrogen-bond acceptors (Lipinski definition) is 3. The summed E-state index contributed by atoms with van der Waals surface area (Å²) in [4.78, 5) is 2.51. The van der Waals surface area contributed by atoms with Crippen molar-refractivity contribution in [3.63, 3.8) is 0 Å². The zero-order valence-electron chi connectivity index (χ0n) is 19.6. The molecule has 6 aliphatic rings. The first-order valence-corrected chi connectivity index (χ1v) is 13.1. The molecule has 4 saturated heterocycles. The molecule has 0 radical (unpaired) electrons. The number of quaternary nitrogens is 1. The van der Waals surface area contributed by atoms with Crippen molar-refractivity contribution in [2.45, 2.75) is 101 Å². The Morgan fingerprint density at radius 3 is 2.61 bits per heavy atom. The molecule has 5 aliphatic heterocycles. The SMILES string of the molecule is CCCCCCC[N+]12C3C[C@@H](C4[C@H]1CC1(c5ccccc5N(C)[C@@H]31)[C@H]4O)[C@H](CC)[C@H]2O. The number of fused-ring (bicyclic) bond motifs is 2. The molecule has 1 aromatic rings. The minimum atomic E-state index is -0.273. The molecular formula is C27H41N2O2+. The molecule has 10 atom stereocenters. The molecule has 4 unspecified atom stereocenters. The lowest BCUT2D eigenvalue weighted by atomic mass is 9.60. The van der Waals surface area contributed by atoms with Gasteiger partial charge in [-0.3, -0.25) is 4.48 Å². The predicted molar refractivity (Wildman–Crippen MR) is 124 cm³/mol. The van der Waals surface area contributed by atoms with E-state index >= 15 is 0 Å². The molecule has 4 heteroatoms. The van der Waals surface area contributed by atoms with Crippen LogP contribution in [-0.2, 0) is 5.41 Å². The largest absolute Gasteiger partial charge is 0.392 e. The van der Waals surface area contributed by atoms with E-state index in [-0.39, 0.29) is 17.7 Å². The van der Waals surface area contributed by atoms with Crippen LogP contribution >= 0.6 is 0 Å². The van der Waals surface area contributed by atoms with E-state index in [4.69, 9.17) is 0 Å². The Kier molecular flexibility index (Phi) is 4.60. The van der Waals surface area contributed by atoms with Crippen molar-refractivity contribution in [2.24, 2.45) is 17.8 Å². The first-order chi connectivity index (χ1) is 15.0. The molecule has 1 saturated carbocycles. The van der Waals surface area contributed by atoms with E-state index in [1.54, 1.807) is 0 Å². The molecule has 170 valence electrons. The lowest BCUT2D eigenvalue weighted by molar-refractivity contribution is -1.04. The lowest BCUT2D eigenvalue weighted by Gasteiger charge is -2.68. The summed E-state index contributed by atoms with van der Waals surface area (Å²) >= 11 is 0. The molecule has 1 aliphatic carbocycles. The Labute approximate surface area is 187 Å². The molecule has 5 fully saturated rings. The number of para-hydroxylation sites is 1. The normalized spacial score (nSPS) is 48.4. The van der Waals surface area contributed by atoms with E-state index in [2.05, 4.69) is 50.1 Å². The Bertz CT molecular complexity index is 859. The van der Waals surface area contributed by atoms with E-state index in [0.717, 1.165) is 23.9 Å². The molecule has 0 amide bonds. The van der Waals surface area contributed by atoms with Crippen LogP contribution in [0.4, 0.5) is 5.69 Å². The fraction of sp³-hybridized carbons (Fsp3) is 0.778. The van der Waals surface area contributed by atoms with Crippen molar-refractivity contribution in [1.82, 2.24) is 0 Å². The number of anilines is 1. The Morgan fingerprint density at radius 2 is 1.84 bits per heavy atom. The second kappa shape index (κ2) is 6.95. The van der Waals surface area contributed by atoms with Crippen LogP contribution in [0, 0.1) is 17.8 Å². The predicted octanol–water partition coefficient (Wildman–Crippen LogP) is 4.04. The zero-order valence-corrected chi connectivity index (χ0v) is 19.6. The minimum absolute atomic E-state index is 0.133. The molecule has 4 nitrogen and oxygen atoms in total. The summed E-state index contributed by atoms with van der Waals surface area (Å²) in [5.74, 6) is 1.18. The van der Waals surface area contributed by atoms with Crippen molar-refractivity contribution < 1.29 is 14.7 Å². The molecular weight excluding hydrogens is 384 g/mol. The number of benzene rings is 1. The zero-order chi connectivity index (χ0) is 21.5. The Balaban J connectivity index is 1.46. The van der Waals surface area contributed by atoms with E-state index in [1.807, 2.05) is 0 Å². The number of hydrogen-bond donors (Lipinski definition) is 2. The van der Waals surface area contributed by atoms with Gasteiger partial charge in [0.2, 0.25) is 0 Å². The van der Waals surface area contributed by atoms with Gasteiger partial charge in [-0.2, -0.15) is 0 Å². The third-order valence-corrected chi connectivity index (χ3v) is 10.8. The Morgan fingerprint density at radius 1 is 1.06 bits per heavy atom. The second-order valence-electron chi connectivity index (χ2n) is 11.5. The maximum atomic E-state index is 12.1. The van der Waals surface area contributed by atoms with Crippen molar-refractivity contribution >= 4 is 5.69 Å². The van der Waals surface area contributed by atoms with Gasteiger partial charge in [0.05, 0.1) is 30.1 Å². The lowest BCUT2D eigenvalue weighted by Crippen LogP contribution is -2.83. The first kappa shape index (κ1) is 20.5. The van der Waals surface area contributed by atoms with Crippen LogP contribution < -0.4 is 4.90 Å². The van der Waals surface area contributed by atoms with Crippen molar-refractivity contribution in [2.75, 3.05) is 18.5 Å². The fourth-order valence-electron chi connectivity index (χ4n) is 9.83. The first-order valence-electron chi connectivity index (χ1n) is 13.1. The van der Waals surface area contributed by atoms with Crippen LogP contribution in [0.1, 0.15) is 70.8 Å². The number of rotatable bonds is 7. The average molecular weight is 426 g/mol. The fourth-order valence-corrected chi connectivity index (χ4v) is 9.83. The van der Waals surface area contributed by atoms with Gasteiger partial charge in [-0.05, 0) is 36.8 Å². The highest BCUT2D eigenvalue weighted by atomic mass is 16.3. The van der Waals surface area contributed by atoms with Gasteiger partial charge in [-0.15, -0.1) is 0 Å². The summed E-state index contributed by atoms with van der Waals surface area (Å²) < 4.78 is 0.896. The summed E-state index contributed by atoms with van der Waals surface area (Å²) in [5.41, 5.74) is 2.57. The molecule has 31 heavy (non-hydrogen) atoms. The van der Waals surface area contributed by atoms with E-state index in [0.29, 0.717) is 35.9 Å². The van der Waals surface area contributed by atoms with Gasteiger partial charge in [0.25, 0.3) is 0 Å². The van der Waals surface area contributed by atoms with E-state index in [1.165, 1.54) is 49.8 Å². The van der Waals surface area contributed by atoms with E-state index < -0.39 is 0 Å². The number of unbranched alkanes of at least 4 members (excludes halogenated alkanes) is 4. The van der Waals surface area contributed by atoms with Gasteiger partial charge in [-0.1, -0.05) is 51.3 Å². The standard InChI is InChI=1S/C27H41N2O2/c1-4-6-7-8-11-14-29-21-15-18(17(5-2)26(29)31)23-22(29)16-27(25(23)30)19-12-9-10-13-20(19)28(3)24(21)27/h9-10,12-13,17-18,21-26,30-31H,4-8,11,14-16H2,1-3H3/q+1/t17-,18+,21?,22+,23?,24-,25-,26+,27?,29?/m0/s1. The highest BCUT2D eigenvalue weighted by Gasteiger charge is 2.82. The van der Waals surface area contributed by atoms with Crippen LogP contribution in [0.3, 0.4) is 0 Å². The average Bonchev–Trinajstić information content (AvgIpc) is 3.16. The number of aliphatic hydroxyl groups excluding tert-OH is 2. The molecule has 5 heterocycles. The monoisotopic (exact) mass is 425 g/mol. The number of nitrogens with zero attached hydrogens (tertiary/aromatic N) is 2. The van der Waals surface area contributed by atoms with Crippen LogP contribution in [0.2, 0.25) is 0 Å². The molecule has 0 aromatic heterocycles. The number of piperidine rings is 4. The molecule has 2 N–H and O–H groups in total. The topological polar surface area (TPSA) is 43.7 Å². The van der Waals surface area contributed by atoms with Gasteiger partial charge < -0.3 is 15.1 Å². The van der Waals surface area contributed by atoms with Crippen molar-refractivity contribution in [3.05, 3.63) is 29.8 Å². The minimum Gasteiger partial charge on any atom is -0.392 e. The van der Waals surface area contributed by atoms with Gasteiger partial charge in [-0.25, -0.2) is 0 Å². The van der Waals surface area contributed by atoms with Crippen LogP contribution in [0.25, 0.3) is 0 Å². The molecule has 1 aromatic carbocycles. The summed E-state index contributed by atoms with van der Waals surface area (Å²) in [6.45, 7) is 5.64. The van der Waals surface area contributed by atoms with Gasteiger partial charge in [0.15, 0.2) is 6.23 Å². The maximum Gasteiger partial charge on any atom is 0.194 e. The molecule has 5 bridgehead atoms. The van der Waals surface area contributed by atoms with E-state index in [9.17, 15) is 10.2 Å². The highest BCUT2D eigenvalue weighted by molar-refractivity contribution is 5.66. The third kappa shape index (κ3) is 2.23. The third-order valence-electron chi connectivity index (χ3n) is 10.8. The summed E-state index contributed by atoms with van der Waals surface area (Å²) in [6, 6.07) is 10.0. The molecule has 1 spiro atoms. The van der Waals surface area contributed by atoms with Crippen LogP contribution in [-0.4, -0.2) is 58.7 Å². The van der Waals surface area contributed by atoms with Crippen LogP contribution in [0.5, 0.6) is 0 Å². The molecule has 7 rings (SSSR count). The smallest absolute Gasteiger partial charge is 0.194 e. The summed E-state index contributed by atoms with van der Waals surface area (Å²) in [7, 11) is 2.26. The number of aliphatic hydroxyl groups is 2. The summed E-state index contributed by atoms with van der Waals surface area (Å²) in [5, 5.41) is 24.0. The highest BCUT2D eigenvalue weighted by Crippen LogP contribution is 2.71. The van der Waals surface area contributed by atoms with Gasteiger partial charge in [0.1, 0.15) is 6.04 Å². The van der Waals surface area contributed by atoms with Gasteiger partial charge >= 0.3 is 0 Å². The number of likely N-dealkylation sites (N-methyl/N-ethyl adjacent to an activating group) is 1. The maximum absolute atomic E-state index is 12.1. The van der Waals surface area contributed by atoms with Gasteiger partial charge in [0, 0.05) is 37.4 Å². The summed E-state index contributed by atoms with van der Waals surface area (Å²) in [6.07, 6.45) is 9.15. The van der Waals surface area contributed by atoms with Crippen molar-refractivity contribution in [3.8, 4) is 0 Å². The Hall–Kier alpha value is -1.10. The van der Waals surface area contributed by atoms with Crippen LogP contribution in [0.15, 0.2) is 24.3 Å².